The van der Waals surface area contributed by atoms with Crippen molar-refractivity contribution in [3.8, 4) is 5.75 Å². The fourth-order valence-electron chi connectivity index (χ4n) is 3.28. The lowest BCUT2D eigenvalue weighted by Crippen LogP contribution is -2.29. The zero-order valence-corrected chi connectivity index (χ0v) is 16.2. The predicted molar refractivity (Wildman–Crippen MR) is 112 cm³/mol. The zero-order chi connectivity index (χ0) is 20.6. The topological polar surface area (TPSA) is 88.0 Å². The minimum atomic E-state index is -0.738. The smallest absolute Gasteiger partial charge is 0.412 e. The fourth-order valence-corrected chi connectivity index (χ4v) is 3.28. The summed E-state index contributed by atoms with van der Waals surface area (Å²) in [4.78, 5) is 12.7. The SMILES string of the molecule is CCO[C@@H](CCO)[C@@H](OC(=O)Nc1cccc2ccccc12)c1ccc(O)cc1. The van der Waals surface area contributed by atoms with E-state index in [4.69, 9.17) is 9.47 Å². The van der Waals surface area contributed by atoms with E-state index in [-0.39, 0.29) is 12.4 Å². The van der Waals surface area contributed by atoms with Crippen LogP contribution in [0, 0.1) is 0 Å². The molecule has 0 aliphatic heterocycles. The molecule has 0 saturated heterocycles. The molecule has 0 aromatic heterocycles. The molecule has 1 amide bonds. The molecule has 6 nitrogen and oxygen atoms in total. The maximum atomic E-state index is 12.7. The van der Waals surface area contributed by atoms with Gasteiger partial charge in [-0.3, -0.25) is 5.32 Å². The van der Waals surface area contributed by atoms with Crippen LogP contribution in [0.15, 0.2) is 66.7 Å². The standard InChI is InChI=1S/C23H25NO5/c1-2-28-21(14-15-25)22(17-10-12-18(26)13-11-17)29-23(27)24-20-9-5-7-16-6-3-4-8-19(16)20/h3-13,21-22,25-26H,2,14-15H2,1H3,(H,24,27)/t21-,22-/m0/s1. The summed E-state index contributed by atoms with van der Waals surface area (Å²) in [5, 5.41) is 23.7. The van der Waals surface area contributed by atoms with Crippen LogP contribution in [0.2, 0.25) is 0 Å². The Bertz CT molecular complexity index is 930. The molecule has 0 bridgehead atoms. The third kappa shape index (κ3) is 5.25. The monoisotopic (exact) mass is 395 g/mol. The summed E-state index contributed by atoms with van der Waals surface area (Å²) < 4.78 is 11.5. The van der Waals surface area contributed by atoms with Gasteiger partial charge in [-0.2, -0.15) is 0 Å². The Morgan fingerprint density at radius 2 is 1.76 bits per heavy atom. The van der Waals surface area contributed by atoms with E-state index in [0.29, 0.717) is 24.3 Å². The maximum absolute atomic E-state index is 12.7. The van der Waals surface area contributed by atoms with E-state index in [9.17, 15) is 15.0 Å². The third-order valence-electron chi connectivity index (χ3n) is 4.61. The molecule has 0 unspecified atom stereocenters. The maximum Gasteiger partial charge on any atom is 0.412 e. The first-order valence-corrected chi connectivity index (χ1v) is 9.59. The van der Waals surface area contributed by atoms with E-state index >= 15 is 0 Å². The molecule has 0 heterocycles. The van der Waals surface area contributed by atoms with Crippen LogP contribution >= 0.6 is 0 Å². The number of hydrogen-bond acceptors (Lipinski definition) is 5. The summed E-state index contributed by atoms with van der Waals surface area (Å²) in [6, 6.07) is 19.8. The fraction of sp³-hybridized carbons (Fsp3) is 0.261. The van der Waals surface area contributed by atoms with Gasteiger partial charge in [-0.15, -0.1) is 0 Å². The van der Waals surface area contributed by atoms with Crippen molar-refractivity contribution < 1.29 is 24.5 Å². The molecule has 3 aromatic carbocycles. The molecule has 152 valence electrons. The molecule has 2 atom stereocenters. The molecule has 0 aliphatic rings. The van der Waals surface area contributed by atoms with Crippen LogP contribution in [0.1, 0.15) is 25.0 Å². The zero-order valence-electron chi connectivity index (χ0n) is 16.2. The number of nitrogens with one attached hydrogen (secondary N) is 1. The number of phenolic OH excluding ortho intramolecular Hbond substituents is 1. The number of aliphatic hydroxyl groups is 1. The largest absolute Gasteiger partial charge is 0.508 e. The average Bonchev–Trinajstić information content (AvgIpc) is 2.73. The average molecular weight is 395 g/mol. The van der Waals surface area contributed by atoms with E-state index < -0.39 is 18.3 Å². The van der Waals surface area contributed by atoms with Gasteiger partial charge >= 0.3 is 6.09 Å². The van der Waals surface area contributed by atoms with Crippen LogP contribution in [0.25, 0.3) is 10.8 Å². The highest BCUT2D eigenvalue weighted by molar-refractivity contribution is 6.00. The van der Waals surface area contributed by atoms with Crippen molar-refractivity contribution in [3.05, 3.63) is 72.3 Å². The van der Waals surface area contributed by atoms with E-state index in [2.05, 4.69) is 5.32 Å². The molecule has 3 rings (SSSR count). The Balaban J connectivity index is 1.84. The normalized spacial score (nSPS) is 13.0. The highest BCUT2D eigenvalue weighted by Gasteiger charge is 2.27. The van der Waals surface area contributed by atoms with E-state index in [1.54, 1.807) is 12.1 Å². The van der Waals surface area contributed by atoms with Crippen LogP contribution < -0.4 is 5.32 Å². The first-order valence-electron chi connectivity index (χ1n) is 9.59. The summed E-state index contributed by atoms with van der Waals surface area (Å²) in [5.74, 6) is 0.114. The Morgan fingerprint density at radius 3 is 2.48 bits per heavy atom. The molecule has 0 aliphatic carbocycles. The second-order valence-electron chi connectivity index (χ2n) is 6.58. The van der Waals surface area contributed by atoms with Crippen molar-refractivity contribution in [2.45, 2.75) is 25.6 Å². The van der Waals surface area contributed by atoms with Crippen molar-refractivity contribution >= 4 is 22.6 Å². The predicted octanol–water partition coefficient (Wildman–Crippen LogP) is 4.62. The number of anilines is 1. The van der Waals surface area contributed by atoms with Gasteiger partial charge in [0, 0.05) is 25.0 Å². The first kappa shape index (κ1) is 20.6. The molecule has 3 N–H and O–H groups in total. The number of rotatable bonds is 8. The lowest BCUT2D eigenvalue weighted by Gasteiger charge is -2.27. The van der Waals surface area contributed by atoms with Crippen molar-refractivity contribution in [1.29, 1.82) is 0 Å². The van der Waals surface area contributed by atoms with Crippen molar-refractivity contribution in [1.82, 2.24) is 0 Å². The molecular formula is C23H25NO5. The van der Waals surface area contributed by atoms with Gasteiger partial charge in [0.15, 0.2) is 6.10 Å². The van der Waals surface area contributed by atoms with Crippen LogP contribution in [0.3, 0.4) is 0 Å². The van der Waals surface area contributed by atoms with Gasteiger partial charge in [0.2, 0.25) is 0 Å². The van der Waals surface area contributed by atoms with Gasteiger partial charge in [0.25, 0.3) is 0 Å². The van der Waals surface area contributed by atoms with Crippen LogP contribution in [-0.2, 0) is 9.47 Å². The number of fused-ring (bicyclic) bond motifs is 1. The molecule has 3 aromatic rings. The number of benzene rings is 3. The van der Waals surface area contributed by atoms with Crippen LogP contribution in [-0.4, -0.2) is 35.6 Å². The van der Waals surface area contributed by atoms with Gasteiger partial charge in [0.1, 0.15) is 11.9 Å². The number of phenols is 1. The van der Waals surface area contributed by atoms with Crippen molar-refractivity contribution in [3.63, 3.8) is 0 Å². The number of hydrogen-bond donors (Lipinski definition) is 3. The molecular weight excluding hydrogens is 370 g/mol. The molecule has 0 saturated carbocycles. The highest BCUT2D eigenvalue weighted by Crippen LogP contribution is 2.29. The second-order valence-corrected chi connectivity index (χ2v) is 6.58. The molecule has 0 spiro atoms. The molecule has 6 heteroatoms. The van der Waals surface area contributed by atoms with Gasteiger partial charge in [-0.05, 0) is 36.1 Å². The number of aromatic hydroxyl groups is 1. The minimum absolute atomic E-state index is 0.104. The number of amides is 1. The first-order chi connectivity index (χ1) is 14.1. The van der Waals surface area contributed by atoms with Gasteiger partial charge in [0.05, 0.1) is 5.69 Å². The number of aliphatic hydroxyl groups excluding tert-OH is 1. The van der Waals surface area contributed by atoms with Gasteiger partial charge in [-0.1, -0.05) is 48.5 Å². The lowest BCUT2D eigenvalue weighted by molar-refractivity contribution is -0.0484. The number of carbonyl (C=O) groups excluding carboxylic acids is 1. The van der Waals surface area contributed by atoms with Crippen molar-refractivity contribution in [2.75, 3.05) is 18.5 Å². The van der Waals surface area contributed by atoms with E-state index in [1.807, 2.05) is 49.4 Å². The summed E-state index contributed by atoms with van der Waals surface area (Å²) in [7, 11) is 0. The Labute approximate surface area is 169 Å². The molecule has 0 fully saturated rings. The number of ether oxygens (including phenoxy) is 2. The molecule has 0 radical (unpaired) electrons. The second kappa shape index (κ2) is 9.91. The van der Waals surface area contributed by atoms with Gasteiger partial charge < -0.3 is 19.7 Å². The van der Waals surface area contributed by atoms with E-state index in [0.717, 1.165) is 10.8 Å². The summed E-state index contributed by atoms with van der Waals surface area (Å²) in [5.41, 5.74) is 1.32. The summed E-state index contributed by atoms with van der Waals surface area (Å²) >= 11 is 0. The van der Waals surface area contributed by atoms with Crippen LogP contribution in [0.4, 0.5) is 10.5 Å². The Hall–Kier alpha value is -3.09. The lowest BCUT2D eigenvalue weighted by atomic mass is 10.0. The van der Waals surface area contributed by atoms with Gasteiger partial charge in [-0.25, -0.2) is 4.79 Å². The Kier molecular flexibility index (Phi) is 7.05. The van der Waals surface area contributed by atoms with E-state index in [1.165, 1.54) is 12.1 Å². The van der Waals surface area contributed by atoms with Crippen molar-refractivity contribution in [2.24, 2.45) is 0 Å². The minimum Gasteiger partial charge on any atom is -0.508 e. The highest BCUT2D eigenvalue weighted by atomic mass is 16.6. The molecule has 29 heavy (non-hydrogen) atoms. The number of carbonyl (C=O) groups is 1. The Morgan fingerprint density at radius 1 is 1.03 bits per heavy atom. The van der Waals surface area contributed by atoms with Crippen LogP contribution in [0.5, 0.6) is 5.75 Å². The third-order valence-corrected chi connectivity index (χ3v) is 4.61. The summed E-state index contributed by atoms with van der Waals surface area (Å²) in [6.07, 6.45) is -1.58. The summed E-state index contributed by atoms with van der Waals surface area (Å²) in [6.45, 7) is 2.15. The quantitative estimate of drug-likeness (QED) is 0.518.